The van der Waals surface area contributed by atoms with E-state index in [1.54, 1.807) is 24.4 Å². The van der Waals surface area contributed by atoms with Crippen molar-refractivity contribution in [3.63, 3.8) is 0 Å². The van der Waals surface area contributed by atoms with Gasteiger partial charge in [0, 0.05) is 23.7 Å². The van der Waals surface area contributed by atoms with Crippen LogP contribution in [-0.2, 0) is 0 Å². The summed E-state index contributed by atoms with van der Waals surface area (Å²) < 4.78 is 19.1. The van der Waals surface area contributed by atoms with Gasteiger partial charge in [0.05, 0.1) is 12.8 Å². The van der Waals surface area contributed by atoms with Crippen molar-refractivity contribution in [1.82, 2.24) is 4.98 Å². The van der Waals surface area contributed by atoms with E-state index >= 15 is 0 Å². The average molecular weight is 295 g/mol. The van der Waals surface area contributed by atoms with Crippen LogP contribution in [-0.4, -0.2) is 18.1 Å². The van der Waals surface area contributed by atoms with Crippen molar-refractivity contribution < 1.29 is 9.13 Å². The average Bonchev–Trinajstić information content (AvgIpc) is 3.16. The summed E-state index contributed by atoms with van der Waals surface area (Å²) in [6.45, 7) is 0. The molecule has 1 heterocycles. The van der Waals surface area contributed by atoms with Crippen molar-refractivity contribution in [2.24, 2.45) is 5.73 Å². The number of hydrogen-bond donors (Lipinski definition) is 1. The number of ether oxygens (including phenoxy) is 1. The van der Waals surface area contributed by atoms with Crippen molar-refractivity contribution in [1.29, 1.82) is 0 Å². The van der Waals surface area contributed by atoms with Crippen LogP contribution in [0.3, 0.4) is 0 Å². The number of nitrogens with two attached hydrogens (primary N) is 1. The Hall–Kier alpha value is -1.65. The second kappa shape index (κ2) is 5.77. The zero-order valence-electron chi connectivity index (χ0n) is 11.0. The molecule has 0 radical (unpaired) electrons. The minimum absolute atomic E-state index is 0. The predicted molar refractivity (Wildman–Crippen MR) is 78.8 cm³/mol. The molecule has 0 spiro atoms. The summed E-state index contributed by atoms with van der Waals surface area (Å²) >= 11 is 0. The van der Waals surface area contributed by atoms with Crippen LogP contribution in [0.1, 0.15) is 17.9 Å². The fraction of sp³-hybridized carbons (Fsp3) is 0.267. The minimum Gasteiger partial charge on any atom is -0.494 e. The van der Waals surface area contributed by atoms with Gasteiger partial charge in [-0.1, -0.05) is 12.1 Å². The maximum absolute atomic E-state index is 14.1. The number of benzene rings is 1. The van der Waals surface area contributed by atoms with Crippen LogP contribution in [0.5, 0.6) is 5.75 Å². The molecule has 20 heavy (non-hydrogen) atoms. The number of halogens is 2. The molecule has 1 saturated carbocycles. The van der Waals surface area contributed by atoms with Crippen molar-refractivity contribution in [3.8, 4) is 17.0 Å². The summed E-state index contributed by atoms with van der Waals surface area (Å²) in [5.41, 5.74) is 7.99. The number of aromatic nitrogens is 1. The van der Waals surface area contributed by atoms with Gasteiger partial charge >= 0.3 is 0 Å². The van der Waals surface area contributed by atoms with Crippen LogP contribution in [0, 0.1) is 5.82 Å². The Kier molecular flexibility index (Phi) is 4.26. The summed E-state index contributed by atoms with van der Waals surface area (Å²) in [6, 6.07) is 9.10. The Morgan fingerprint density at radius 3 is 2.60 bits per heavy atom. The van der Waals surface area contributed by atoms with E-state index in [4.69, 9.17) is 10.5 Å². The molecular formula is C15H16ClFN2O. The lowest BCUT2D eigenvalue weighted by molar-refractivity contribution is 0.387. The third-order valence-corrected chi connectivity index (χ3v) is 3.51. The van der Waals surface area contributed by atoms with Gasteiger partial charge < -0.3 is 10.5 Å². The van der Waals surface area contributed by atoms with Crippen molar-refractivity contribution in [2.75, 3.05) is 7.11 Å². The predicted octanol–water partition coefficient (Wildman–Crippen LogP) is 3.13. The minimum atomic E-state index is -0.381. The first kappa shape index (κ1) is 14.8. The second-order valence-corrected chi connectivity index (χ2v) is 4.80. The molecule has 0 aliphatic heterocycles. The highest BCUT2D eigenvalue weighted by Gasteiger charge is 2.34. The van der Waals surface area contributed by atoms with Gasteiger partial charge in [-0.05, 0) is 30.2 Å². The number of nitrogens with zero attached hydrogens (tertiary/aromatic N) is 1. The van der Waals surface area contributed by atoms with E-state index in [9.17, 15) is 4.39 Å². The summed E-state index contributed by atoms with van der Waals surface area (Å²) in [7, 11) is 1.45. The van der Waals surface area contributed by atoms with E-state index in [2.05, 4.69) is 4.98 Å². The fourth-order valence-corrected chi connectivity index (χ4v) is 2.25. The van der Waals surface area contributed by atoms with Crippen molar-refractivity contribution in [3.05, 3.63) is 47.9 Å². The van der Waals surface area contributed by atoms with Crippen LogP contribution in [0.25, 0.3) is 11.3 Å². The molecule has 2 atom stereocenters. The molecule has 0 amide bonds. The van der Waals surface area contributed by atoms with Crippen LogP contribution < -0.4 is 10.5 Å². The number of pyridine rings is 1. The SMILES string of the molecule is COc1cccc(-c2ccc([C@@H]3C[C@H]3N)cn2)c1F.Cl. The third-order valence-electron chi connectivity index (χ3n) is 3.51. The second-order valence-electron chi connectivity index (χ2n) is 4.80. The monoisotopic (exact) mass is 294 g/mol. The summed E-state index contributed by atoms with van der Waals surface area (Å²) in [5, 5.41) is 0. The van der Waals surface area contributed by atoms with Crippen LogP contribution in [0.15, 0.2) is 36.5 Å². The van der Waals surface area contributed by atoms with Gasteiger partial charge in [-0.3, -0.25) is 4.98 Å². The summed E-state index contributed by atoms with van der Waals surface area (Å²) in [4.78, 5) is 4.33. The molecule has 1 aromatic carbocycles. The molecule has 2 aromatic rings. The van der Waals surface area contributed by atoms with Gasteiger partial charge in [-0.25, -0.2) is 4.39 Å². The van der Waals surface area contributed by atoms with Gasteiger partial charge in [0.15, 0.2) is 11.6 Å². The van der Waals surface area contributed by atoms with Gasteiger partial charge in [0.1, 0.15) is 0 Å². The van der Waals surface area contributed by atoms with Crippen molar-refractivity contribution in [2.45, 2.75) is 18.4 Å². The molecule has 106 valence electrons. The van der Waals surface area contributed by atoms with Crippen molar-refractivity contribution >= 4 is 12.4 Å². The lowest BCUT2D eigenvalue weighted by atomic mass is 10.1. The Morgan fingerprint density at radius 1 is 1.30 bits per heavy atom. The van der Waals surface area contributed by atoms with E-state index in [-0.39, 0.29) is 30.0 Å². The number of methoxy groups -OCH3 is 1. The van der Waals surface area contributed by atoms with E-state index in [0.717, 1.165) is 12.0 Å². The molecule has 1 fully saturated rings. The lowest BCUT2D eigenvalue weighted by Crippen LogP contribution is -2.01. The molecule has 1 aromatic heterocycles. The van der Waals surface area contributed by atoms with E-state index in [1.165, 1.54) is 7.11 Å². The first-order valence-electron chi connectivity index (χ1n) is 6.25. The molecule has 1 aliphatic carbocycles. The molecule has 1 aliphatic rings. The Morgan fingerprint density at radius 2 is 2.05 bits per heavy atom. The van der Waals surface area contributed by atoms with Crippen LogP contribution in [0.2, 0.25) is 0 Å². The Labute approximate surface area is 123 Å². The smallest absolute Gasteiger partial charge is 0.174 e. The third kappa shape index (κ3) is 2.62. The highest BCUT2D eigenvalue weighted by Crippen LogP contribution is 2.39. The largest absolute Gasteiger partial charge is 0.494 e. The molecule has 0 unspecified atom stereocenters. The van der Waals surface area contributed by atoms with Crippen LogP contribution in [0.4, 0.5) is 4.39 Å². The fourth-order valence-electron chi connectivity index (χ4n) is 2.25. The highest BCUT2D eigenvalue weighted by atomic mass is 35.5. The van der Waals surface area contributed by atoms with E-state index < -0.39 is 0 Å². The normalized spacial score (nSPS) is 20.1. The van der Waals surface area contributed by atoms with Gasteiger partial charge in [-0.2, -0.15) is 0 Å². The standard InChI is InChI=1S/C15H15FN2O.ClH/c1-19-14-4-2-3-10(15(14)16)13-6-5-9(8-18-13)11-7-12(11)17;/h2-6,8,11-12H,7,17H2,1H3;1H/t11-,12+;/m0./s1. The first-order valence-corrected chi connectivity index (χ1v) is 6.25. The molecule has 3 rings (SSSR count). The summed E-state index contributed by atoms with van der Waals surface area (Å²) in [5.74, 6) is 0.262. The van der Waals surface area contributed by atoms with Gasteiger partial charge in [0.2, 0.25) is 0 Å². The molecule has 0 saturated heterocycles. The first-order chi connectivity index (χ1) is 9.20. The lowest BCUT2D eigenvalue weighted by Gasteiger charge is -2.07. The maximum atomic E-state index is 14.1. The van der Waals surface area contributed by atoms with E-state index in [0.29, 0.717) is 17.2 Å². The molecule has 5 heteroatoms. The number of hydrogen-bond acceptors (Lipinski definition) is 3. The molecule has 0 bridgehead atoms. The Balaban J connectivity index is 0.00000147. The van der Waals surface area contributed by atoms with Gasteiger partial charge in [-0.15, -0.1) is 12.4 Å². The maximum Gasteiger partial charge on any atom is 0.174 e. The topological polar surface area (TPSA) is 48.1 Å². The highest BCUT2D eigenvalue weighted by molar-refractivity contribution is 5.85. The Bertz CT molecular complexity index is 603. The zero-order chi connectivity index (χ0) is 13.4. The zero-order valence-corrected chi connectivity index (χ0v) is 11.9. The molecule has 3 nitrogen and oxygen atoms in total. The summed E-state index contributed by atoms with van der Waals surface area (Å²) in [6.07, 6.45) is 2.79. The van der Waals surface area contributed by atoms with E-state index in [1.807, 2.05) is 12.1 Å². The molecule has 2 N–H and O–H groups in total. The quantitative estimate of drug-likeness (QED) is 0.946. The number of rotatable bonds is 3. The van der Waals surface area contributed by atoms with Gasteiger partial charge in [0.25, 0.3) is 0 Å². The molecular weight excluding hydrogens is 279 g/mol. The van der Waals surface area contributed by atoms with Crippen LogP contribution >= 0.6 is 12.4 Å².